The Kier molecular flexibility index (Phi) is 6.51. The minimum atomic E-state index is -0.170. The lowest BCUT2D eigenvalue weighted by atomic mass is 10.1. The van der Waals surface area contributed by atoms with Crippen LogP contribution in [0.3, 0.4) is 0 Å². The molecule has 0 radical (unpaired) electrons. The Morgan fingerprint density at radius 1 is 0.844 bits per heavy atom. The number of hydrogen-bond donors (Lipinski definition) is 2. The molecule has 4 rings (SSSR count). The zero-order valence-electron chi connectivity index (χ0n) is 17.7. The Bertz CT molecular complexity index is 1100. The van der Waals surface area contributed by atoms with Crippen molar-refractivity contribution in [3.63, 3.8) is 0 Å². The van der Waals surface area contributed by atoms with Crippen molar-refractivity contribution >= 4 is 46.1 Å². The Balaban J connectivity index is 1.31. The molecule has 0 aliphatic carbocycles. The Labute approximate surface area is 190 Å². The van der Waals surface area contributed by atoms with Crippen molar-refractivity contribution in [1.29, 1.82) is 0 Å². The number of amides is 3. The minimum absolute atomic E-state index is 0.0493. The van der Waals surface area contributed by atoms with Crippen LogP contribution in [0.4, 0.5) is 21.9 Å². The summed E-state index contributed by atoms with van der Waals surface area (Å²) >= 11 is 1.38. The molecular weight excluding hydrogens is 424 g/mol. The van der Waals surface area contributed by atoms with E-state index >= 15 is 0 Å². The molecule has 1 saturated heterocycles. The standard InChI is InChI=1S/C24H24N4O3S/c1-17(29)18-7-9-21(10-8-18)27-11-13-28(14-12-27)24(31)26-20-5-2-4-19(16-20)25-23(30)22-6-3-15-32-22/h2-10,15-16H,11-14H2,1H3,(H,25,30)(H,26,31). The largest absolute Gasteiger partial charge is 0.368 e. The molecule has 32 heavy (non-hydrogen) atoms. The number of piperazine rings is 1. The van der Waals surface area contributed by atoms with Crippen LogP contribution < -0.4 is 15.5 Å². The van der Waals surface area contributed by atoms with Gasteiger partial charge in [0.1, 0.15) is 0 Å². The van der Waals surface area contributed by atoms with Crippen LogP contribution in [0.25, 0.3) is 0 Å². The fourth-order valence-corrected chi connectivity index (χ4v) is 4.17. The second kappa shape index (κ2) is 9.65. The summed E-state index contributed by atoms with van der Waals surface area (Å²) in [5.74, 6) is -0.121. The van der Waals surface area contributed by atoms with Crippen molar-refractivity contribution in [3.05, 3.63) is 76.5 Å². The molecule has 2 aromatic carbocycles. The molecule has 0 spiro atoms. The van der Waals surface area contributed by atoms with Crippen LogP contribution in [0.5, 0.6) is 0 Å². The number of Topliss-reactive ketones (excluding diaryl/α,β-unsaturated/α-hetero) is 1. The van der Waals surface area contributed by atoms with E-state index in [1.807, 2.05) is 35.7 Å². The third-order valence-corrected chi connectivity index (χ3v) is 6.19. The van der Waals surface area contributed by atoms with E-state index in [1.54, 1.807) is 42.2 Å². The molecule has 1 aliphatic heterocycles. The lowest BCUT2D eigenvalue weighted by Gasteiger charge is -2.36. The van der Waals surface area contributed by atoms with Crippen molar-refractivity contribution in [3.8, 4) is 0 Å². The Morgan fingerprint density at radius 3 is 2.16 bits per heavy atom. The van der Waals surface area contributed by atoms with Gasteiger partial charge in [-0.15, -0.1) is 11.3 Å². The molecule has 0 saturated carbocycles. The summed E-state index contributed by atoms with van der Waals surface area (Å²) in [5.41, 5.74) is 2.99. The highest BCUT2D eigenvalue weighted by atomic mass is 32.1. The zero-order chi connectivity index (χ0) is 22.5. The second-order valence-electron chi connectivity index (χ2n) is 7.52. The smallest absolute Gasteiger partial charge is 0.321 e. The molecule has 2 N–H and O–H groups in total. The number of benzene rings is 2. The molecule has 0 unspecified atom stereocenters. The first-order chi connectivity index (χ1) is 15.5. The van der Waals surface area contributed by atoms with E-state index in [1.165, 1.54) is 11.3 Å². The van der Waals surface area contributed by atoms with Gasteiger partial charge in [0.15, 0.2) is 5.78 Å². The molecule has 8 heteroatoms. The summed E-state index contributed by atoms with van der Waals surface area (Å²) in [4.78, 5) is 41.0. The van der Waals surface area contributed by atoms with Gasteiger partial charge in [0.05, 0.1) is 4.88 Å². The minimum Gasteiger partial charge on any atom is -0.368 e. The van der Waals surface area contributed by atoms with E-state index in [2.05, 4.69) is 15.5 Å². The van der Waals surface area contributed by atoms with Crippen LogP contribution in [0.2, 0.25) is 0 Å². The number of rotatable bonds is 5. The molecule has 1 aromatic heterocycles. The molecular formula is C24H24N4O3S. The first-order valence-electron chi connectivity index (χ1n) is 10.4. The number of nitrogens with zero attached hydrogens (tertiary/aromatic N) is 2. The van der Waals surface area contributed by atoms with Gasteiger partial charge in [-0.05, 0) is 60.8 Å². The third kappa shape index (κ3) is 5.15. The lowest BCUT2D eigenvalue weighted by Crippen LogP contribution is -2.50. The maximum atomic E-state index is 12.7. The molecule has 1 fully saturated rings. The average Bonchev–Trinajstić information content (AvgIpc) is 3.35. The first kappa shape index (κ1) is 21.6. The topological polar surface area (TPSA) is 81.8 Å². The van der Waals surface area contributed by atoms with Gasteiger partial charge in [-0.2, -0.15) is 0 Å². The Morgan fingerprint density at radius 2 is 1.53 bits per heavy atom. The van der Waals surface area contributed by atoms with Gasteiger partial charge in [-0.25, -0.2) is 4.79 Å². The molecule has 7 nitrogen and oxygen atoms in total. The van der Waals surface area contributed by atoms with Gasteiger partial charge in [-0.3, -0.25) is 9.59 Å². The highest BCUT2D eigenvalue weighted by molar-refractivity contribution is 7.12. The molecule has 1 aliphatic rings. The molecule has 3 aromatic rings. The predicted molar refractivity (Wildman–Crippen MR) is 128 cm³/mol. The summed E-state index contributed by atoms with van der Waals surface area (Å²) in [6.07, 6.45) is 0. The van der Waals surface area contributed by atoms with E-state index in [0.717, 1.165) is 5.69 Å². The summed E-state index contributed by atoms with van der Waals surface area (Å²) < 4.78 is 0. The highest BCUT2D eigenvalue weighted by Gasteiger charge is 2.21. The third-order valence-electron chi connectivity index (χ3n) is 5.32. The predicted octanol–water partition coefficient (Wildman–Crippen LogP) is 4.56. The summed E-state index contributed by atoms with van der Waals surface area (Å²) in [6.45, 7) is 4.16. The van der Waals surface area contributed by atoms with Crippen LogP contribution >= 0.6 is 11.3 Å². The lowest BCUT2D eigenvalue weighted by molar-refractivity contribution is 0.101. The number of nitrogens with one attached hydrogen (secondary N) is 2. The van der Waals surface area contributed by atoms with E-state index in [9.17, 15) is 14.4 Å². The maximum Gasteiger partial charge on any atom is 0.321 e. The van der Waals surface area contributed by atoms with Crippen molar-refractivity contribution in [2.75, 3.05) is 41.7 Å². The Hall–Kier alpha value is -3.65. The summed E-state index contributed by atoms with van der Waals surface area (Å²) in [6, 6.07) is 18.1. The van der Waals surface area contributed by atoms with E-state index in [4.69, 9.17) is 0 Å². The van der Waals surface area contributed by atoms with Crippen molar-refractivity contribution < 1.29 is 14.4 Å². The number of hydrogen-bond acceptors (Lipinski definition) is 5. The molecule has 0 atom stereocenters. The second-order valence-corrected chi connectivity index (χ2v) is 8.47. The van der Waals surface area contributed by atoms with Gasteiger partial charge in [0.25, 0.3) is 5.91 Å². The van der Waals surface area contributed by atoms with Crippen molar-refractivity contribution in [2.24, 2.45) is 0 Å². The zero-order valence-corrected chi connectivity index (χ0v) is 18.5. The van der Waals surface area contributed by atoms with Crippen LogP contribution in [0.15, 0.2) is 66.0 Å². The molecule has 0 bridgehead atoms. The number of anilines is 3. The molecule has 3 amide bonds. The number of thiophene rings is 1. The quantitative estimate of drug-likeness (QED) is 0.561. The van der Waals surface area contributed by atoms with Gasteiger partial charge in [0, 0.05) is 48.8 Å². The summed E-state index contributed by atoms with van der Waals surface area (Å²) in [5, 5.41) is 7.62. The number of ketones is 1. The van der Waals surface area contributed by atoms with E-state index in [0.29, 0.717) is 48.0 Å². The van der Waals surface area contributed by atoms with Crippen LogP contribution in [0.1, 0.15) is 27.0 Å². The fourth-order valence-electron chi connectivity index (χ4n) is 3.55. The normalized spacial score (nSPS) is 13.5. The summed E-state index contributed by atoms with van der Waals surface area (Å²) in [7, 11) is 0. The van der Waals surface area contributed by atoms with Crippen LogP contribution in [0, 0.1) is 0 Å². The van der Waals surface area contributed by atoms with Gasteiger partial charge in [-0.1, -0.05) is 12.1 Å². The maximum absolute atomic E-state index is 12.7. The van der Waals surface area contributed by atoms with Gasteiger partial charge in [0.2, 0.25) is 0 Å². The molecule has 2 heterocycles. The highest BCUT2D eigenvalue weighted by Crippen LogP contribution is 2.20. The molecule has 164 valence electrons. The monoisotopic (exact) mass is 448 g/mol. The number of urea groups is 1. The van der Waals surface area contributed by atoms with Crippen molar-refractivity contribution in [2.45, 2.75) is 6.92 Å². The van der Waals surface area contributed by atoms with E-state index < -0.39 is 0 Å². The SMILES string of the molecule is CC(=O)c1ccc(N2CCN(C(=O)Nc3cccc(NC(=O)c4cccs4)c3)CC2)cc1. The van der Waals surface area contributed by atoms with Crippen LogP contribution in [-0.4, -0.2) is 48.8 Å². The van der Waals surface area contributed by atoms with Crippen molar-refractivity contribution in [1.82, 2.24) is 4.90 Å². The van der Waals surface area contributed by atoms with Crippen LogP contribution in [-0.2, 0) is 0 Å². The van der Waals surface area contributed by atoms with Gasteiger partial charge >= 0.3 is 6.03 Å². The first-order valence-corrected chi connectivity index (χ1v) is 11.2. The number of carbonyl (C=O) groups excluding carboxylic acids is 3. The fraction of sp³-hybridized carbons (Fsp3) is 0.208. The van der Waals surface area contributed by atoms with Gasteiger partial charge < -0.3 is 20.4 Å². The average molecular weight is 449 g/mol. The number of carbonyl (C=O) groups is 3. The van der Waals surface area contributed by atoms with E-state index in [-0.39, 0.29) is 17.7 Å².